The molecule has 0 bridgehead atoms. The number of aryl methyl sites for hydroxylation is 1. The maximum Gasteiger partial charge on any atom is 0.225 e. The summed E-state index contributed by atoms with van der Waals surface area (Å²) in [5.41, 5.74) is 4.45. The lowest BCUT2D eigenvalue weighted by atomic mass is 9.93. The lowest BCUT2D eigenvalue weighted by Crippen LogP contribution is -2.34. The molecule has 7 heteroatoms. The number of aromatic nitrogens is 4. The molecule has 1 atom stereocenters. The van der Waals surface area contributed by atoms with Gasteiger partial charge in [-0.1, -0.05) is 30.2 Å². The third kappa shape index (κ3) is 4.50. The number of likely N-dealkylation sites (tertiary alicyclic amines) is 1. The predicted molar refractivity (Wildman–Crippen MR) is 122 cm³/mol. The second-order valence-corrected chi connectivity index (χ2v) is 8.50. The summed E-state index contributed by atoms with van der Waals surface area (Å²) in [6.45, 7) is 4.93. The normalized spacial score (nSPS) is 17.3. The van der Waals surface area contributed by atoms with Crippen LogP contribution < -0.4 is 4.90 Å². The highest BCUT2D eigenvalue weighted by molar-refractivity contribution is 6.30. The molecule has 0 unspecified atom stereocenters. The van der Waals surface area contributed by atoms with Crippen LogP contribution in [0.4, 0.5) is 5.95 Å². The first-order chi connectivity index (χ1) is 14.5. The maximum atomic E-state index is 6.30. The summed E-state index contributed by atoms with van der Waals surface area (Å²) in [4.78, 5) is 14.1. The molecule has 0 saturated carbocycles. The van der Waals surface area contributed by atoms with Crippen LogP contribution in [0.15, 0.2) is 42.9 Å². The molecule has 1 fully saturated rings. The first kappa shape index (κ1) is 20.8. The van der Waals surface area contributed by atoms with E-state index in [-0.39, 0.29) is 6.04 Å². The number of rotatable bonds is 6. The Bertz CT molecular complexity index is 999. The Balaban J connectivity index is 1.73. The average Bonchev–Trinajstić information content (AvgIpc) is 3.21. The summed E-state index contributed by atoms with van der Waals surface area (Å²) < 4.78 is 1.99. The molecule has 3 aromatic rings. The number of piperidine rings is 1. The van der Waals surface area contributed by atoms with Crippen molar-refractivity contribution in [3.63, 3.8) is 0 Å². The van der Waals surface area contributed by atoms with E-state index < -0.39 is 0 Å². The molecular formula is C23H29ClN6. The number of benzene rings is 1. The van der Waals surface area contributed by atoms with E-state index in [4.69, 9.17) is 16.6 Å². The van der Waals surface area contributed by atoms with Gasteiger partial charge in [0.2, 0.25) is 5.95 Å². The van der Waals surface area contributed by atoms with Gasteiger partial charge in [0.15, 0.2) is 0 Å². The van der Waals surface area contributed by atoms with Crippen LogP contribution in [0.2, 0.25) is 5.02 Å². The summed E-state index contributed by atoms with van der Waals surface area (Å²) in [5.74, 6) is 0.736. The van der Waals surface area contributed by atoms with Gasteiger partial charge < -0.3 is 4.90 Å². The zero-order valence-electron chi connectivity index (χ0n) is 17.9. The number of hydrogen-bond acceptors (Lipinski definition) is 5. The smallest absolute Gasteiger partial charge is 0.225 e. The fourth-order valence-electron chi connectivity index (χ4n) is 4.12. The van der Waals surface area contributed by atoms with E-state index >= 15 is 0 Å². The highest BCUT2D eigenvalue weighted by Crippen LogP contribution is 2.37. The van der Waals surface area contributed by atoms with E-state index in [0.717, 1.165) is 53.8 Å². The Hall–Kier alpha value is -2.44. The van der Waals surface area contributed by atoms with Gasteiger partial charge in [-0.05, 0) is 44.0 Å². The van der Waals surface area contributed by atoms with Crippen molar-refractivity contribution in [3.8, 4) is 11.1 Å². The van der Waals surface area contributed by atoms with Gasteiger partial charge >= 0.3 is 0 Å². The first-order valence-corrected chi connectivity index (χ1v) is 11.0. The fourth-order valence-corrected chi connectivity index (χ4v) is 4.31. The standard InChI is InChI=1S/C23H29ClN6/c1-4-30-16-17(13-26-30)15-29-11-6-5-10-21(29)22-20(14-25-23(27-22)28(2)3)18-8-7-9-19(24)12-18/h7-9,12-14,16,21H,4-6,10-11,15H2,1-3H3/t21-/m0/s1. The van der Waals surface area contributed by atoms with E-state index in [2.05, 4.69) is 34.2 Å². The lowest BCUT2D eigenvalue weighted by Gasteiger charge is -2.36. The van der Waals surface area contributed by atoms with Crippen LogP contribution in [0.25, 0.3) is 11.1 Å². The van der Waals surface area contributed by atoms with E-state index in [1.165, 1.54) is 18.4 Å². The summed E-state index contributed by atoms with van der Waals surface area (Å²) >= 11 is 6.30. The summed E-state index contributed by atoms with van der Waals surface area (Å²) in [6.07, 6.45) is 9.57. The molecule has 4 rings (SSSR count). The quantitative estimate of drug-likeness (QED) is 0.568. The summed E-state index contributed by atoms with van der Waals surface area (Å²) in [6, 6.07) is 8.20. The van der Waals surface area contributed by atoms with E-state index in [1.54, 1.807) is 0 Å². The molecule has 0 aliphatic carbocycles. The lowest BCUT2D eigenvalue weighted by molar-refractivity contribution is 0.137. The second-order valence-electron chi connectivity index (χ2n) is 8.06. The topological polar surface area (TPSA) is 50.1 Å². The number of anilines is 1. The van der Waals surface area contributed by atoms with Gasteiger partial charge in [0.25, 0.3) is 0 Å². The van der Waals surface area contributed by atoms with Crippen molar-refractivity contribution in [2.24, 2.45) is 0 Å². The van der Waals surface area contributed by atoms with Gasteiger partial charge in [0.1, 0.15) is 0 Å². The third-order valence-electron chi connectivity index (χ3n) is 5.67. The summed E-state index contributed by atoms with van der Waals surface area (Å²) in [7, 11) is 3.96. The van der Waals surface area contributed by atoms with E-state index in [1.807, 2.05) is 54.3 Å². The van der Waals surface area contributed by atoms with Crippen LogP contribution in [-0.2, 0) is 13.1 Å². The van der Waals surface area contributed by atoms with Gasteiger partial charge in [-0.15, -0.1) is 0 Å². The molecule has 0 spiro atoms. The van der Waals surface area contributed by atoms with Crippen molar-refractivity contribution in [1.29, 1.82) is 0 Å². The SMILES string of the molecule is CCn1cc(CN2CCCC[C@H]2c2nc(N(C)C)ncc2-c2cccc(Cl)c2)cn1. The minimum absolute atomic E-state index is 0.236. The van der Waals surface area contributed by atoms with Gasteiger partial charge in [0, 0.05) is 55.7 Å². The Morgan fingerprint density at radius 1 is 1.20 bits per heavy atom. The third-order valence-corrected chi connectivity index (χ3v) is 5.90. The Morgan fingerprint density at radius 2 is 2.07 bits per heavy atom. The molecule has 2 aromatic heterocycles. The maximum absolute atomic E-state index is 6.30. The minimum Gasteiger partial charge on any atom is -0.347 e. The molecule has 1 saturated heterocycles. The Labute approximate surface area is 183 Å². The van der Waals surface area contributed by atoms with Crippen LogP contribution in [0, 0.1) is 0 Å². The van der Waals surface area contributed by atoms with Crippen molar-refractivity contribution >= 4 is 17.5 Å². The molecule has 158 valence electrons. The van der Waals surface area contributed by atoms with Gasteiger partial charge in [-0.3, -0.25) is 9.58 Å². The largest absolute Gasteiger partial charge is 0.347 e. The van der Waals surface area contributed by atoms with Gasteiger partial charge in [-0.2, -0.15) is 5.10 Å². The van der Waals surface area contributed by atoms with Crippen molar-refractivity contribution in [1.82, 2.24) is 24.6 Å². The van der Waals surface area contributed by atoms with E-state index in [0.29, 0.717) is 0 Å². The van der Waals surface area contributed by atoms with Crippen molar-refractivity contribution in [3.05, 3.63) is 59.1 Å². The fraction of sp³-hybridized carbons (Fsp3) is 0.435. The van der Waals surface area contributed by atoms with Crippen LogP contribution in [0.5, 0.6) is 0 Å². The molecule has 0 radical (unpaired) electrons. The first-order valence-electron chi connectivity index (χ1n) is 10.6. The molecule has 30 heavy (non-hydrogen) atoms. The molecule has 1 aliphatic heterocycles. The van der Waals surface area contributed by atoms with Crippen molar-refractivity contribution in [2.75, 3.05) is 25.5 Å². The van der Waals surface area contributed by atoms with Crippen LogP contribution in [0.1, 0.15) is 43.5 Å². The van der Waals surface area contributed by atoms with Crippen LogP contribution in [0.3, 0.4) is 0 Å². The van der Waals surface area contributed by atoms with Gasteiger partial charge in [0.05, 0.1) is 17.9 Å². The minimum atomic E-state index is 0.236. The zero-order valence-corrected chi connectivity index (χ0v) is 18.7. The Morgan fingerprint density at radius 3 is 2.80 bits per heavy atom. The Kier molecular flexibility index (Phi) is 6.35. The number of nitrogens with zero attached hydrogens (tertiary/aromatic N) is 6. The predicted octanol–water partition coefficient (Wildman–Crippen LogP) is 4.81. The van der Waals surface area contributed by atoms with Crippen molar-refractivity contribution < 1.29 is 0 Å². The zero-order chi connectivity index (χ0) is 21.1. The van der Waals surface area contributed by atoms with Crippen molar-refractivity contribution in [2.45, 2.75) is 45.3 Å². The highest BCUT2D eigenvalue weighted by atomic mass is 35.5. The molecule has 1 aliphatic rings. The molecule has 3 heterocycles. The van der Waals surface area contributed by atoms with E-state index in [9.17, 15) is 0 Å². The van der Waals surface area contributed by atoms with Crippen LogP contribution >= 0.6 is 11.6 Å². The second kappa shape index (κ2) is 9.14. The van der Waals surface area contributed by atoms with Crippen LogP contribution in [-0.4, -0.2) is 45.3 Å². The average molecular weight is 425 g/mol. The highest BCUT2D eigenvalue weighted by Gasteiger charge is 2.29. The number of halogens is 1. The summed E-state index contributed by atoms with van der Waals surface area (Å²) in [5, 5.41) is 5.18. The number of hydrogen-bond donors (Lipinski definition) is 0. The molecular weight excluding hydrogens is 396 g/mol. The monoisotopic (exact) mass is 424 g/mol. The van der Waals surface area contributed by atoms with Gasteiger partial charge in [-0.25, -0.2) is 9.97 Å². The molecule has 6 nitrogen and oxygen atoms in total. The molecule has 0 N–H and O–H groups in total. The molecule has 1 aromatic carbocycles. The molecule has 0 amide bonds.